The lowest BCUT2D eigenvalue weighted by molar-refractivity contribution is 0.933. The summed E-state index contributed by atoms with van der Waals surface area (Å²) in [5.41, 5.74) is 3.20. The molecule has 0 amide bonds. The van der Waals surface area contributed by atoms with Gasteiger partial charge in [-0.15, -0.1) is 11.8 Å². The molecule has 1 N–H and O–H groups in total. The molecule has 0 bridgehead atoms. The maximum absolute atomic E-state index is 12.3. The van der Waals surface area contributed by atoms with Crippen LogP contribution in [0.15, 0.2) is 88.6 Å². The molecule has 0 radical (unpaired) electrons. The van der Waals surface area contributed by atoms with Crippen LogP contribution in [0.25, 0.3) is 10.8 Å². The number of hydrogen-bond acceptors (Lipinski definition) is 3. The predicted octanol–water partition coefficient (Wildman–Crippen LogP) is 4.81. The van der Waals surface area contributed by atoms with Gasteiger partial charge in [0.15, 0.2) is 0 Å². The second-order valence-electron chi connectivity index (χ2n) is 6.14. The molecule has 26 heavy (non-hydrogen) atoms. The van der Waals surface area contributed by atoms with Crippen molar-refractivity contribution in [3.8, 4) is 0 Å². The van der Waals surface area contributed by atoms with E-state index in [0.29, 0.717) is 11.8 Å². The molecule has 4 heteroatoms. The Morgan fingerprint density at radius 3 is 2.23 bits per heavy atom. The minimum atomic E-state index is -0.140. The van der Waals surface area contributed by atoms with Crippen molar-refractivity contribution in [1.29, 1.82) is 0 Å². The number of aromatic amines is 1. The molecule has 0 fully saturated rings. The van der Waals surface area contributed by atoms with E-state index in [9.17, 15) is 4.79 Å². The van der Waals surface area contributed by atoms with Crippen LogP contribution in [0.3, 0.4) is 0 Å². The third kappa shape index (κ3) is 3.70. The second kappa shape index (κ2) is 7.58. The summed E-state index contributed by atoms with van der Waals surface area (Å²) in [6.45, 7) is 0. The van der Waals surface area contributed by atoms with Crippen LogP contribution in [0.1, 0.15) is 16.8 Å². The van der Waals surface area contributed by atoms with Crippen LogP contribution >= 0.6 is 11.8 Å². The summed E-state index contributed by atoms with van der Waals surface area (Å²) in [6.07, 6.45) is 0.699. The van der Waals surface area contributed by atoms with Gasteiger partial charge in [0, 0.05) is 22.5 Å². The summed E-state index contributed by atoms with van der Waals surface area (Å²) in [4.78, 5) is 13.4. The summed E-state index contributed by atoms with van der Waals surface area (Å²) >= 11 is 1.73. The van der Waals surface area contributed by atoms with E-state index in [0.717, 1.165) is 21.7 Å². The zero-order valence-electron chi connectivity index (χ0n) is 14.2. The number of rotatable bonds is 5. The van der Waals surface area contributed by atoms with Crippen molar-refractivity contribution in [1.82, 2.24) is 10.2 Å². The van der Waals surface area contributed by atoms with Crippen molar-refractivity contribution in [2.45, 2.75) is 17.1 Å². The van der Waals surface area contributed by atoms with E-state index in [-0.39, 0.29) is 5.56 Å². The van der Waals surface area contributed by atoms with Crippen molar-refractivity contribution in [3.05, 3.63) is 106 Å². The van der Waals surface area contributed by atoms with Gasteiger partial charge in [0.1, 0.15) is 0 Å². The first-order valence-corrected chi connectivity index (χ1v) is 9.50. The third-order valence-corrected chi connectivity index (χ3v) is 5.37. The van der Waals surface area contributed by atoms with E-state index in [2.05, 4.69) is 40.5 Å². The maximum Gasteiger partial charge on any atom is 0.272 e. The molecule has 4 rings (SSSR count). The second-order valence-corrected chi connectivity index (χ2v) is 7.19. The zero-order chi connectivity index (χ0) is 17.8. The molecule has 128 valence electrons. The van der Waals surface area contributed by atoms with Crippen molar-refractivity contribution in [2.75, 3.05) is 0 Å². The molecule has 4 aromatic rings. The molecular weight excluding hydrogens is 340 g/mol. The molecule has 0 unspecified atom stereocenters. The van der Waals surface area contributed by atoms with Crippen LogP contribution in [0.5, 0.6) is 0 Å². The van der Waals surface area contributed by atoms with Crippen LogP contribution in [-0.4, -0.2) is 10.2 Å². The standard InChI is InChI=1S/C22H18N2OS/c25-22-20-14-18(26-15-17-9-5-2-6-10-17)11-12-19(20)21(23-24-22)13-16-7-3-1-4-8-16/h1-12,14H,13,15H2,(H,24,25). The fourth-order valence-electron chi connectivity index (χ4n) is 2.96. The number of nitrogens with zero attached hydrogens (tertiary/aromatic N) is 1. The molecule has 3 nitrogen and oxygen atoms in total. The summed E-state index contributed by atoms with van der Waals surface area (Å²) < 4.78 is 0. The number of fused-ring (bicyclic) bond motifs is 1. The lowest BCUT2D eigenvalue weighted by atomic mass is 10.0. The lowest BCUT2D eigenvalue weighted by Gasteiger charge is -2.07. The topological polar surface area (TPSA) is 45.8 Å². The first kappa shape index (κ1) is 16.6. The van der Waals surface area contributed by atoms with Gasteiger partial charge in [0.2, 0.25) is 0 Å². The largest absolute Gasteiger partial charge is 0.272 e. The highest BCUT2D eigenvalue weighted by atomic mass is 32.2. The molecule has 0 saturated heterocycles. The molecule has 0 aliphatic rings. The normalized spacial score (nSPS) is 10.9. The third-order valence-electron chi connectivity index (χ3n) is 4.30. The Hall–Kier alpha value is -2.85. The Morgan fingerprint density at radius 2 is 1.50 bits per heavy atom. The molecule has 1 aromatic heterocycles. The Bertz CT molecular complexity index is 1080. The summed E-state index contributed by atoms with van der Waals surface area (Å²) in [6, 6.07) is 26.6. The Morgan fingerprint density at radius 1 is 0.808 bits per heavy atom. The van der Waals surface area contributed by atoms with Crippen molar-refractivity contribution in [2.24, 2.45) is 0 Å². The molecular formula is C22H18N2OS. The van der Waals surface area contributed by atoms with Crippen LogP contribution in [0.2, 0.25) is 0 Å². The molecule has 1 heterocycles. The molecule has 3 aromatic carbocycles. The highest BCUT2D eigenvalue weighted by Gasteiger charge is 2.09. The smallest absolute Gasteiger partial charge is 0.267 e. The fraction of sp³-hybridized carbons (Fsp3) is 0.0909. The average Bonchev–Trinajstić information content (AvgIpc) is 2.70. The van der Waals surface area contributed by atoms with Crippen LogP contribution in [-0.2, 0) is 12.2 Å². The Labute approximate surface area is 156 Å². The van der Waals surface area contributed by atoms with E-state index in [1.165, 1.54) is 11.1 Å². The van der Waals surface area contributed by atoms with E-state index in [4.69, 9.17) is 0 Å². The van der Waals surface area contributed by atoms with Gasteiger partial charge in [0.25, 0.3) is 5.56 Å². The fourth-order valence-corrected chi connectivity index (χ4v) is 3.85. The number of nitrogens with one attached hydrogen (secondary N) is 1. The van der Waals surface area contributed by atoms with Crippen LogP contribution in [0, 0.1) is 0 Å². The number of H-pyrrole nitrogens is 1. The quantitative estimate of drug-likeness (QED) is 0.521. The van der Waals surface area contributed by atoms with Gasteiger partial charge < -0.3 is 0 Å². The van der Waals surface area contributed by atoms with Gasteiger partial charge in [-0.3, -0.25) is 4.79 Å². The highest BCUT2D eigenvalue weighted by molar-refractivity contribution is 7.98. The van der Waals surface area contributed by atoms with E-state index >= 15 is 0 Å². The van der Waals surface area contributed by atoms with Crippen LogP contribution in [0.4, 0.5) is 0 Å². The number of benzene rings is 3. The van der Waals surface area contributed by atoms with Gasteiger partial charge in [-0.05, 0) is 23.3 Å². The Balaban J connectivity index is 1.63. The van der Waals surface area contributed by atoms with Crippen molar-refractivity contribution in [3.63, 3.8) is 0 Å². The minimum Gasteiger partial charge on any atom is -0.267 e. The van der Waals surface area contributed by atoms with Gasteiger partial charge in [-0.2, -0.15) is 5.10 Å². The SMILES string of the molecule is O=c1[nH]nc(Cc2ccccc2)c2ccc(SCc3ccccc3)cc12. The highest BCUT2D eigenvalue weighted by Crippen LogP contribution is 2.26. The van der Waals surface area contributed by atoms with Crippen molar-refractivity contribution < 1.29 is 0 Å². The van der Waals surface area contributed by atoms with E-state index in [1.807, 2.05) is 48.5 Å². The van der Waals surface area contributed by atoms with E-state index in [1.54, 1.807) is 11.8 Å². The number of thioether (sulfide) groups is 1. The monoisotopic (exact) mass is 358 g/mol. The van der Waals surface area contributed by atoms with Gasteiger partial charge in [0.05, 0.1) is 11.1 Å². The first-order chi connectivity index (χ1) is 12.8. The van der Waals surface area contributed by atoms with Crippen LogP contribution < -0.4 is 5.56 Å². The zero-order valence-corrected chi connectivity index (χ0v) is 15.0. The lowest BCUT2D eigenvalue weighted by Crippen LogP contribution is -2.11. The molecule has 0 aliphatic carbocycles. The van der Waals surface area contributed by atoms with E-state index < -0.39 is 0 Å². The summed E-state index contributed by atoms with van der Waals surface area (Å²) in [7, 11) is 0. The maximum atomic E-state index is 12.3. The number of aromatic nitrogens is 2. The predicted molar refractivity (Wildman–Crippen MR) is 108 cm³/mol. The molecule has 0 spiro atoms. The Kier molecular flexibility index (Phi) is 4.84. The van der Waals surface area contributed by atoms with Gasteiger partial charge in [-0.25, -0.2) is 5.10 Å². The first-order valence-electron chi connectivity index (χ1n) is 8.51. The number of hydrogen-bond donors (Lipinski definition) is 1. The molecule has 0 aliphatic heterocycles. The minimum absolute atomic E-state index is 0.140. The molecule has 0 atom stereocenters. The van der Waals surface area contributed by atoms with Gasteiger partial charge >= 0.3 is 0 Å². The van der Waals surface area contributed by atoms with Crippen molar-refractivity contribution >= 4 is 22.5 Å². The average molecular weight is 358 g/mol. The van der Waals surface area contributed by atoms with Gasteiger partial charge in [-0.1, -0.05) is 66.7 Å². The summed E-state index contributed by atoms with van der Waals surface area (Å²) in [5.74, 6) is 0.881. The molecule has 0 saturated carbocycles. The summed E-state index contributed by atoms with van der Waals surface area (Å²) in [5, 5.41) is 8.55.